The fourth-order valence-electron chi connectivity index (χ4n) is 3.08. The number of hydrogen-bond acceptors (Lipinski definition) is 3. The van der Waals surface area contributed by atoms with Gasteiger partial charge in [0.1, 0.15) is 11.6 Å². The van der Waals surface area contributed by atoms with Crippen LogP contribution < -0.4 is 5.73 Å². The standard InChI is InChI=1S/C13H24N4/c1-3-17-11(2)15-16-12(17)13(10-14)8-6-4-5-7-9-13/h3-10,14H2,1-2H3. The number of nitrogens with two attached hydrogens (primary N) is 1. The van der Waals surface area contributed by atoms with Gasteiger partial charge in [0, 0.05) is 18.5 Å². The Morgan fingerprint density at radius 1 is 1.18 bits per heavy atom. The molecule has 0 aromatic carbocycles. The molecule has 0 bridgehead atoms. The van der Waals surface area contributed by atoms with Crippen molar-refractivity contribution in [2.75, 3.05) is 6.54 Å². The van der Waals surface area contributed by atoms with E-state index < -0.39 is 0 Å². The first kappa shape index (κ1) is 12.6. The van der Waals surface area contributed by atoms with Crippen LogP contribution in [0.15, 0.2) is 0 Å². The van der Waals surface area contributed by atoms with E-state index in [4.69, 9.17) is 5.73 Å². The maximum atomic E-state index is 6.09. The predicted octanol–water partition coefficient (Wildman–Crippen LogP) is 2.16. The molecule has 2 N–H and O–H groups in total. The Balaban J connectivity index is 2.38. The second-order valence-corrected chi connectivity index (χ2v) is 5.21. The van der Waals surface area contributed by atoms with Crippen molar-refractivity contribution in [1.82, 2.24) is 14.8 Å². The summed E-state index contributed by atoms with van der Waals surface area (Å²) >= 11 is 0. The van der Waals surface area contributed by atoms with Crippen LogP contribution in [0.3, 0.4) is 0 Å². The highest BCUT2D eigenvalue weighted by molar-refractivity contribution is 5.12. The molecule has 0 amide bonds. The lowest BCUT2D eigenvalue weighted by atomic mass is 9.79. The lowest BCUT2D eigenvalue weighted by molar-refractivity contribution is 0.344. The summed E-state index contributed by atoms with van der Waals surface area (Å²) in [7, 11) is 0. The molecule has 0 radical (unpaired) electrons. The maximum absolute atomic E-state index is 6.09. The van der Waals surface area contributed by atoms with Crippen LogP contribution in [-0.4, -0.2) is 21.3 Å². The molecule has 1 aliphatic rings. The number of aromatic nitrogens is 3. The predicted molar refractivity (Wildman–Crippen MR) is 68.9 cm³/mol. The first-order valence-corrected chi connectivity index (χ1v) is 6.84. The Morgan fingerprint density at radius 3 is 2.35 bits per heavy atom. The SMILES string of the molecule is CCn1c(C)nnc1C1(CN)CCCCCC1. The largest absolute Gasteiger partial charge is 0.329 e. The van der Waals surface area contributed by atoms with Gasteiger partial charge in [-0.2, -0.15) is 0 Å². The third-order valence-electron chi connectivity index (χ3n) is 4.18. The molecular formula is C13H24N4. The molecule has 96 valence electrons. The molecule has 1 fully saturated rings. The Labute approximate surface area is 104 Å². The van der Waals surface area contributed by atoms with Crippen molar-refractivity contribution in [3.05, 3.63) is 11.6 Å². The van der Waals surface area contributed by atoms with Gasteiger partial charge >= 0.3 is 0 Å². The molecule has 17 heavy (non-hydrogen) atoms. The molecule has 1 aromatic rings. The van der Waals surface area contributed by atoms with Crippen molar-refractivity contribution in [2.24, 2.45) is 5.73 Å². The molecule has 1 saturated carbocycles. The van der Waals surface area contributed by atoms with Gasteiger partial charge in [-0.15, -0.1) is 10.2 Å². The molecule has 1 aromatic heterocycles. The van der Waals surface area contributed by atoms with Crippen LogP contribution in [-0.2, 0) is 12.0 Å². The maximum Gasteiger partial charge on any atom is 0.140 e. The van der Waals surface area contributed by atoms with Crippen molar-refractivity contribution >= 4 is 0 Å². The normalized spacial score (nSPS) is 20.2. The average Bonchev–Trinajstić information content (AvgIpc) is 2.59. The monoisotopic (exact) mass is 236 g/mol. The summed E-state index contributed by atoms with van der Waals surface area (Å²) in [6.07, 6.45) is 7.55. The zero-order valence-corrected chi connectivity index (χ0v) is 11.1. The Morgan fingerprint density at radius 2 is 1.82 bits per heavy atom. The first-order valence-electron chi connectivity index (χ1n) is 6.84. The highest BCUT2D eigenvalue weighted by Gasteiger charge is 2.36. The van der Waals surface area contributed by atoms with Crippen LogP contribution in [0.4, 0.5) is 0 Å². The van der Waals surface area contributed by atoms with E-state index in [-0.39, 0.29) is 5.41 Å². The molecule has 4 heteroatoms. The molecule has 0 saturated heterocycles. The summed E-state index contributed by atoms with van der Waals surface area (Å²) in [6, 6.07) is 0. The van der Waals surface area contributed by atoms with Crippen molar-refractivity contribution in [1.29, 1.82) is 0 Å². The van der Waals surface area contributed by atoms with Gasteiger partial charge in [0.15, 0.2) is 0 Å². The minimum absolute atomic E-state index is 0.0772. The Kier molecular flexibility index (Phi) is 3.82. The third kappa shape index (κ3) is 2.23. The molecule has 0 spiro atoms. The second kappa shape index (κ2) is 5.17. The highest BCUT2D eigenvalue weighted by atomic mass is 15.3. The van der Waals surface area contributed by atoms with Crippen LogP contribution in [0.25, 0.3) is 0 Å². The van der Waals surface area contributed by atoms with E-state index in [1.807, 2.05) is 6.92 Å². The fraction of sp³-hybridized carbons (Fsp3) is 0.846. The highest BCUT2D eigenvalue weighted by Crippen LogP contribution is 2.36. The Hall–Kier alpha value is -0.900. The Bertz CT molecular complexity index is 361. The number of rotatable bonds is 3. The lowest BCUT2D eigenvalue weighted by Crippen LogP contribution is -2.37. The van der Waals surface area contributed by atoms with Crippen LogP contribution in [0, 0.1) is 6.92 Å². The molecule has 0 aliphatic heterocycles. The van der Waals surface area contributed by atoms with Crippen molar-refractivity contribution in [3.63, 3.8) is 0 Å². The van der Waals surface area contributed by atoms with Gasteiger partial charge < -0.3 is 10.3 Å². The molecule has 1 aliphatic carbocycles. The summed E-state index contributed by atoms with van der Waals surface area (Å²) in [5.41, 5.74) is 6.17. The molecule has 0 unspecified atom stereocenters. The van der Waals surface area contributed by atoms with E-state index in [9.17, 15) is 0 Å². The van der Waals surface area contributed by atoms with Crippen LogP contribution in [0.2, 0.25) is 0 Å². The van der Waals surface area contributed by atoms with Gasteiger partial charge in [0.05, 0.1) is 0 Å². The molecule has 0 atom stereocenters. The zero-order valence-electron chi connectivity index (χ0n) is 11.1. The van der Waals surface area contributed by atoms with Gasteiger partial charge in [0.25, 0.3) is 0 Å². The van der Waals surface area contributed by atoms with E-state index in [1.54, 1.807) is 0 Å². The number of hydrogen-bond donors (Lipinski definition) is 1. The van der Waals surface area contributed by atoms with Gasteiger partial charge in [-0.05, 0) is 26.7 Å². The van der Waals surface area contributed by atoms with E-state index >= 15 is 0 Å². The van der Waals surface area contributed by atoms with Crippen LogP contribution in [0.5, 0.6) is 0 Å². The molecule has 4 nitrogen and oxygen atoms in total. The fourth-order valence-corrected chi connectivity index (χ4v) is 3.08. The summed E-state index contributed by atoms with van der Waals surface area (Å²) in [4.78, 5) is 0. The van der Waals surface area contributed by atoms with E-state index in [0.29, 0.717) is 6.54 Å². The minimum atomic E-state index is 0.0772. The lowest BCUT2D eigenvalue weighted by Gasteiger charge is -2.30. The van der Waals surface area contributed by atoms with Crippen molar-refractivity contribution in [3.8, 4) is 0 Å². The number of nitrogens with zero attached hydrogens (tertiary/aromatic N) is 3. The quantitative estimate of drug-likeness (QED) is 0.818. The van der Waals surface area contributed by atoms with Gasteiger partial charge in [0.2, 0.25) is 0 Å². The van der Waals surface area contributed by atoms with E-state index in [0.717, 1.165) is 18.2 Å². The molecule has 1 heterocycles. The average molecular weight is 236 g/mol. The molecule has 2 rings (SSSR count). The smallest absolute Gasteiger partial charge is 0.140 e. The summed E-state index contributed by atoms with van der Waals surface area (Å²) < 4.78 is 2.23. The van der Waals surface area contributed by atoms with Gasteiger partial charge in [-0.1, -0.05) is 25.7 Å². The minimum Gasteiger partial charge on any atom is -0.329 e. The van der Waals surface area contributed by atoms with Gasteiger partial charge in [-0.25, -0.2) is 0 Å². The molecular weight excluding hydrogens is 212 g/mol. The van der Waals surface area contributed by atoms with Crippen LogP contribution >= 0.6 is 0 Å². The summed E-state index contributed by atoms with van der Waals surface area (Å²) in [6.45, 7) is 5.82. The first-order chi connectivity index (χ1) is 8.23. The summed E-state index contributed by atoms with van der Waals surface area (Å²) in [5, 5.41) is 8.67. The summed E-state index contributed by atoms with van der Waals surface area (Å²) in [5.74, 6) is 2.14. The van der Waals surface area contributed by atoms with E-state index in [1.165, 1.54) is 38.5 Å². The van der Waals surface area contributed by atoms with Crippen molar-refractivity contribution in [2.45, 2.75) is 64.3 Å². The van der Waals surface area contributed by atoms with E-state index in [2.05, 4.69) is 21.7 Å². The topological polar surface area (TPSA) is 56.7 Å². The third-order valence-corrected chi connectivity index (χ3v) is 4.18. The second-order valence-electron chi connectivity index (χ2n) is 5.21. The van der Waals surface area contributed by atoms with Crippen LogP contribution in [0.1, 0.15) is 57.1 Å². The zero-order chi connectivity index (χ0) is 12.3. The number of aryl methyl sites for hydroxylation is 1. The van der Waals surface area contributed by atoms with Crippen molar-refractivity contribution < 1.29 is 0 Å². The van der Waals surface area contributed by atoms with Gasteiger partial charge in [-0.3, -0.25) is 0 Å².